The number of nitrogens with zero attached hydrogens (tertiary/aromatic N) is 4. The second-order valence-electron chi connectivity index (χ2n) is 2.90. The highest BCUT2D eigenvalue weighted by atomic mass is 15.0. The van der Waals surface area contributed by atoms with Crippen molar-refractivity contribution in [2.75, 3.05) is 0 Å². The van der Waals surface area contributed by atoms with Gasteiger partial charge in [-0.05, 0) is 12.1 Å². The average Bonchev–Trinajstić information content (AvgIpc) is 2.61. The van der Waals surface area contributed by atoms with Crippen LogP contribution in [0.15, 0.2) is 30.9 Å². The summed E-state index contributed by atoms with van der Waals surface area (Å²) in [5.41, 5.74) is 2.23. The molecule has 4 nitrogen and oxygen atoms in total. The maximum Gasteiger partial charge on any atom is 0.166 e. The van der Waals surface area contributed by atoms with Crippen LogP contribution in [-0.4, -0.2) is 14.5 Å². The Kier molecular flexibility index (Phi) is 1.99. The van der Waals surface area contributed by atoms with Gasteiger partial charge in [0.05, 0.1) is 12.0 Å². The number of pyridine rings is 1. The summed E-state index contributed by atoms with van der Waals surface area (Å²) in [4.78, 5) is 7.92. The molecule has 0 N–H and O–H groups in total. The van der Waals surface area contributed by atoms with Gasteiger partial charge in [0.25, 0.3) is 0 Å². The third-order valence-corrected chi connectivity index (χ3v) is 2.00. The van der Waals surface area contributed by atoms with Crippen LogP contribution in [0.1, 0.15) is 5.69 Å². The van der Waals surface area contributed by atoms with E-state index >= 15 is 0 Å². The first-order valence-corrected chi connectivity index (χ1v) is 4.14. The molecule has 2 heterocycles. The quantitative estimate of drug-likeness (QED) is 0.672. The molecule has 0 amide bonds. The van der Waals surface area contributed by atoms with Gasteiger partial charge in [-0.15, -0.1) is 0 Å². The van der Waals surface area contributed by atoms with Crippen LogP contribution in [0, 0.1) is 11.3 Å². The van der Waals surface area contributed by atoms with E-state index in [4.69, 9.17) is 5.26 Å². The summed E-state index contributed by atoms with van der Waals surface area (Å²) in [5, 5.41) is 8.85. The summed E-state index contributed by atoms with van der Waals surface area (Å²) in [5.74, 6) is 0. The molecule has 0 unspecified atom stereocenters. The first-order valence-electron chi connectivity index (χ1n) is 4.14. The predicted octanol–water partition coefficient (Wildman–Crippen LogP) is 1.35. The molecule has 2 aromatic rings. The fourth-order valence-electron chi connectivity index (χ4n) is 1.36. The lowest BCUT2D eigenvalue weighted by atomic mass is 10.1. The van der Waals surface area contributed by atoms with Gasteiger partial charge in [-0.3, -0.25) is 4.98 Å². The van der Waals surface area contributed by atoms with Crippen molar-refractivity contribution >= 4 is 0 Å². The predicted molar refractivity (Wildman–Crippen MR) is 51.2 cm³/mol. The van der Waals surface area contributed by atoms with E-state index < -0.39 is 0 Å². The Bertz CT molecular complexity index is 479. The molecule has 0 saturated carbocycles. The van der Waals surface area contributed by atoms with E-state index in [0.29, 0.717) is 5.69 Å². The molecule has 2 aromatic heterocycles. The van der Waals surface area contributed by atoms with Crippen molar-refractivity contribution in [2.45, 2.75) is 0 Å². The molecule has 0 bridgehead atoms. The van der Waals surface area contributed by atoms with E-state index in [1.807, 2.05) is 23.7 Å². The van der Waals surface area contributed by atoms with Crippen molar-refractivity contribution in [1.29, 1.82) is 5.26 Å². The summed E-state index contributed by atoms with van der Waals surface area (Å²) >= 11 is 0. The van der Waals surface area contributed by atoms with Gasteiger partial charge in [-0.1, -0.05) is 0 Å². The van der Waals surface area contributed by atoms with Crippen molar-refractivity contribution in [2.24, 2.45) is 7.05 Å². The van der Waals surface area contributed by atoms with Crippen LogP contribution in [0.2, 0.25) is 0 Å². The van der Waals surface area contributed by atoms with Gasteiger partial charge < -0.3 is 4.57 Å². The molecule has 0 radical (unpaired) electrons. The van der Waals surface area contributed by atoms with Crippen molar-refractivity contribution in [3.63, 3.8) is 0 Å². The fourth-order valence-corrected chi connectivity index (χ4v) is 1.36. The second kappa shape index (κ2) is 3.30. The van der Waals surface area contributed by atoms with E-state index in [-0.39, 0.29) is 0 Å². The van der Waals surface area contributed by atoms with Gasteiger partial charge in [0.1, 0.15) is 6.07 Å². The Labute approximate surface area is 81.5 Å². The maximum absolute atomic E-state index is 8.85. The largest absolute Gasteiger partial charge is 0.333 e. The molecular formula is C10H8N4. The lowest BCUT2D eigenvalue weighted by molar-refractivity contribution is 0.921. The fraction of sp³-hybridized carbons (Fsp3) is 0.100. The molecule has 0 aliphatic rings. The first-order chi connectivity index (χ1) is 6.83. The highest BCUT2D eigenvalue weighted by molar-refractivity contribution is 5.64. The van der Waals surface area contributed by atoms with Crippen LogP contribution in [-0.2, 0) is 7.05 Å². The van der Waals surface area contributed by atoms with Gasteiger partial charge in [0, 0.05) is 25.0 Å². The van der Waals surface area contributed by atoms with E-state index in [0.717, 1.165) is 11.3 Å². The number of hydrogen-bond donors (Lipinski definition) is 0. The topological polar surface area (TPSA) is 54.5 Å². The van der Waals surface area contributed by atoms with Gasteiger partial charge in [-0.25, -0.2) is 4.98 Å². The van der Waals surface area contributed by atoms with Gasteiger partial charge in [-0.2, -0.15) is 5.26 Å². The molecule has 0 saturated heterocycles. The highest BCUT2D eigenvalue weighted by Crippen LogP contribution is 2.20. The summed E-state index contributed by atoms with van der Waals surface area (Å²) < 4.78 is 1.83. The minimum absolute atomic E-state index is 0.443. The minimum Gasteiger partial charge on any atom is -0.333 e. The molecular weight excluding hydrogens is 176 g/mol. The molecule has 4 heteroatoms. The molecule has 0 aromatic carbocycles. The summed E-state index contributed by atoms with van der Waals surface area (Å²) in [6.45, 7) is 0. The molecule has 0 fully saturated rings. The van der Waals surface area contributed by atoms with Crippen molar-refractivity contribution in [3.05, 3.63) is 36.5 Å². The molecule has 0 aliphatic heterocycles. The van der Waals surface area contributed by atoms with Gasteiger partial charge >= 0.3 is 0 Å². The van der Waals surface area contributed by atoms with Crippen LogP contribution < -0.4 is 0 Å². The minimum atomic E-state index is 0.443. The van der Waals surface area contributed by atoms with Crippen LogP contribution in [0.4, 0.5) is 0 Å². The van der Waals surface area contributed by atoms with Gasteiger partial charge in [0.2, 0.25) is 0 Å². The van der Waals surface area contributed by atoms with Gasteiger partial charge in [0.15, 0.2) is 5.69 Å². The number of imidazole rings is 1. The van der Waals surface area contributed by atoms with E-state index in [1.165, 1.54) is 0 Å². The lowest BCUT2D eigenvalue weighted by Gasteiger charge is -2.01. The zero-order valence-electron chi connectivity index (χ0n) is 7.68. The Hall–Kier alpha value is -2.15. The van der Waals surface area contributed by atoms with E-state index in [1.54, 1.807) is 18.7 Å². The number of hydrogen-bond acceptors (Lipinski definition) is 3. The van der Waals surface area contributed by atoms with Crippen LogP contribution in [0.25, 0.3) is 11.3 Å². The first kappa shape index (κ1) is 8.45. The van der Waals surface area contributed by atoms with E-state index in [9.17, 15) is 0 Å². The van der Waals surface area contributed by atoms with Crippen LogP contribution in [0.5, 0.6) is 0 Å². The second-order valence-corrected chi connectivity index (χ2v) is 2.90. The van der Waals surface area contributed by atoms with Crippen molar-refractivity contribution in [3.8, 4) is 17.3 Å². The van der Waals surface area contributed by atoms with Crippen LogP contribution >= 0.6 is 0 Å². The van der Waals surface area contributed by atoms with Crippen molar-refractivity contribution in [1.82, 2.24) is 14.5 Å². The molecule has 0 spiro atoms. The SMILES string of the molecule is Cn1cnc(C#N)c1-c1ccncc1. The summed E-state index contributed by atoms with van der Waals surface area (Å²) in [6, 6.07) is 5.78. The summed E-state index contributed by atoms with van der Waals surface area (Å²) in [6.07, 6.45) is 5.03. The van der Waals surface area contributed by atoms with Crippen molar-refractivity contribution < 1.29 is 0 Å². The Morgan fingerprint density at radius 2 is 2.07 bits per heavy atom. The zero-order valence-corrected chi connectivity index (χ0v) is 7.68. The lowest BCUT2D eigenvalue weighted by Crippen LogP contribution is -1.91. The average molecular weight is 184 g/mol. The number of aryl methyl sites for hydroxylation is 1. The normalized spacial score (nSPS) is 9.71. The maximum atomic E-state index is 8.85. The molecule has 2 rings (SSSR count). The van der Waals surface area contributed by atoms with Crippen LogP contribution in [0.3, 0.4) is 0 Å². The Morgan fingerprint density at radius 3 is 2.71 bits per heavy atom. The summed E-state index contributed by atoms with van der Waals surface area (Å²) in [7, 11) is 1.86. The molecule has 68 valence electrons. The highest BCUT2D eigenvalue weighted by Gasteiger charge is 2.09. The molecule has 0 aliphatic carbocycles. The number of aromatic nitrogens is 3. The molecule has 14 heavy (non-hydrogen) atoms. The number of nitriles is 1. The zero-order chi connectivity index (χ0) is 9.97. The monoisotopic (exact) mass is 184 g/mol. The standard InChI is InChI=1S/C10H8N4/c1-14-7-13-9(6-11)10(14)8-2-4-12-5-3-8/h2-5,7H,1H3. The third-order valence-electron chi connectivity index (χ3n) is 2.00. The Morgan fingerprint density at radius 1 is 1.36 bits per heavy atom. The van der Waals surface area contributed by atoms with E-state index in [2.05, 4.69) is 16.0 Å². The number of rotatable bonds is 1. The Balaban J connectivity index is 2.63. The smallest absolute Gasteiger partial charge is 0.166 e. The molecule has 0 atom stereocenters. The third kappa shape index (κ3) is 1.25.